The number of amides is 1. The number of para-hydroxylation sites is 1. The number of rotatable bonds is 3. The van der Waals surface area contributed by atoms with Crippen molar-refractivity contribution in [2.45, 2.75) is 12.3 Å². The van der Waals surface area contributed by atoms with Crippen molar-refractivity contribution in [3.05, 3.63) is 41.7 Å². The third kappa shape index (κ3) is 1.89. The van der Waals surface area contributed by atoms with Crippen molar-refractivity contribution in [1.29, 1.82) is 0 Å². The smallest absolute Gasteiger partial charge is 0.211 e. The fraction of sp³-hybridized carbons (Fsp3) is 0.235. The molecule has 1 saturated heterocycles. The van der Waals surface area contributed by atoms with Crippen LogP contribution in [0.5, 0.6) is 0 Å². The Labute approximate surface area is 126 Å². The number of nitrogens with one attached hydrogen (secondary N) is 3. The van der Waals surface area contributed by atoms with Crippen LogP contribution < -0.4 is 10.6 Å². The van der Waals surface area contributed by atoms with Crippen LogP contribution in [0, 0.1) is 5.82 Å². The first-order valence-electron chi connectivity index (χ1n) is 7.43. The van der Waals surface area contributed by atoms with Gasteiger partial charge in [0.15, 0.2) is 0 Å². The molecular formula is C17H16FN3O. The number of carbonyl (C=O) groups excluding carboxylic acids is 1. The zero-order chi connectivity index (χ0) is 15.1. The van der Waals surface area contributed by atoms with Crippen LogP contribution in [-0.4, -0.2) is 24.5 Å². The van der Waals surface area contributed by atoms with Gasteiger partial charge >= 0.3 is 0 Å². The Morgan fingerprint density at radius 2 is 2.18 bits per heavy atom. The molecule has 4 nitrogen and oxygen atoms in total. The van der Waals surface area contributed by atoms with Gasteiger partial charge in [-0.15, -0.1) is 0 Å². The molecule has 1 atom stereocenters. The Kier molecular flexibility index (Phi) is 3.08. The van der Waals surface area contributed by atoms with Gasteiger partial charge in [-0.25, -0.2) is 4.39 Å². The van der Waals surface area contributed by atoms with Gasteiger partial charge in [-0.3, -0.25) is 4.79 Å². The first-order chi connectivity index (χ1) is 10.8. The molecule has 3 N–H and O–H groups in total. The molecule has 1 aromatic heterocycles. The SMILES string of the molecule is O=CNc1cc(F)c(C2CCNC2)c2c1[nH]c1ccccc12. The van der Waals surface area contributed by atoms with Gasteiger partial charge in [0.25, 0.3) is 0 Å². The van der Waals surface area contributed by atoms with E-state index in [1.165, 1.54) is 6.07 Å². The number of anilines is 1. The zero-order valence-corrected chi connectivity index (χ0v) is 11.9. The van der Waals surface area contributed by atoms with E-state index in [-0.39, 0.29) is 11.7 Å². The fourth-order valence-corrected chi connectivity index (χ4v) is 3.50. The van der Waals surface area contributed by atoms with E-state index in [4.69, 9.17) is 0 Å². The third-order valence-electron chi connectivity index (χ3n) is 4.46. The number of hydrogen-bond donors (Lipinski definition) is 3. The maximum atomic E-state index is 14.8. The Morgan fingerprint density at radius 3 is 2.95 bits per heavy atom. The van der Waals surface area contributed by atoms with E-state index in [2.05, 4.69) is 15.6 Å². The molecule has 1 fully saturated rings. The molecule has 22 heavy (non-hydrogen) atoms. The van der Waals surface area contributed by atoms with Crippen LogP contribution in [-0.2, 0) is 4.79 Å². The number of carbonyl (C=O) groups is 1. The molecular weight excluding hydrogens is 281 g/mol. The van der Waals surface area contributed by atoms with Crippen LogP contribution in [0.15, 0.2) is 30.3 Å². The zero-order valence-electron chi connectivity index (χ0n) is 11.9. The maximum Gasteiger partial charge on any atom is 0.211 e. The van der Waals surface area contributed by atoms with E-state index in [1.807, 2.05) is 24.3 Å². The van der Waals surface area contributed by atoms with Crippen molar-refractivity contribution in [1.82, 2.24) is 10.3 Å². The lowest BCUT2D eigenvalue weighted by Gasteiger charge is -2.14. The average molecular weight is 297 g/mol. The second-order valence-electron chi connectivity index (χ2n) is 5.69. The molecule has 3 aromatic rings. The predicted octanol–water partition coefficient (Wildman–Crippen LogP) is 3.11. The summed E-state index contributed by atoms with van der Waals surface area (Å²) in [7, 11) is 0. The highest BCUT2D eigenvalue weighted by molar-refractivity contribution is 6.13. The quantitative estimate of drug-likeness (QED) is 0.651. The summed E-state index contributed by atoms with van der Waals surface area (Å²) in [4.78, 5) is 14.1. The van der Waals surface area contributed by atoms with E-state index < -0.39 is 0 Å². The predicted molar refractivity (Wildman–Crippen MR) is 85.7 cm³/mol. The standard InChI is InChI=1S/C17H16FN3O/c18-12-7-14(20-9-22)17-16(15(12)10-5-6-19-8-10)11-3-1-2-4-13(11)21-17/h1-4,7,9-10,19,21H,5-6,8H2,(H,20,22). The summed E-state index contributed by atoms with van der Waals surface area (Å²) >= 11 is 0. The van der Waals surface area contributed by atoms with E-state index in [0.29, 0.717) is 12.1 Å². The van der Waals surface area contributed by atoms with Gasteiger partial charge in [-0.05, 0) is 25.1 Å². The molecule has 0 saturated carbocycles. The molecule has 0 bridgehead atoms. The van der Waals surface area contributed by atoms with Crippen LogP contribution in [0.3, 0.4) is 0 Å². The summed E-state index contributed by atoms with van der Waals surface area (Å²) in [5, 5.41) is 7.77. The van der Waals surface area contributed by atoms with Gasteiger partial charge in [-0.2, -0.15) is 0 Å². The Hall–Kier alpha value is -2.40. The Bertz CT molecular complexity index is 865. The van der Waals surface area contributed by atoms with Crippen LogP contribution in [0.25, 0.3) is 21.8 Å². The topological polar surface area (TPSA) is 56.9 Å². The van der Waals surface area contributed by atoms with Crippen molar-refractivity contribution in [3.8, 4) is 0 Å². The molecule has 2 heterocycles. The molecule has 0 spiro atoms. The number of aromatic amines is 1. The number of halogens is 1. The molecule has 1 unspecified atom stereocenters. The number of fused-ring (bicyclic) bond motifs is 3. The summed E-state index contributed by atoms with van der Waals surface area (Å²) in [6, 6.07) is 9.26. The highest BCUT2D eigenvalue weighted by Crippen LogP contribution is 2.39. The first-order valence-corrected chi connectivity index (χ1v) is 7.43. The lowest BCUT2D eigenvalue weighted by Crippen LogP contribution is -2.10. The van der Waals surface area contributed by atoms with Crippen molar-refractivity contribution >= 4 is 33.9 Å². The summed E-state index contributed by atoms with van der Waals surface area (Å²) in [5.41, 5.74) is 2.96. The fourth-order valence-electron chi connectivity index (χ4n) is 3.50. The molecule has 4 rings (SSSR count). The van der Waals surface area contributed by atoms with Crippen LogP contribution in [0.2, 0.25) is 0 Å². The Balaban J connectivity index is 2.11. The van der Waals surface area contributed by atoms with Gasteiger partial charge in [0.05, 0.1) is 11.2 Å². The van der Waals surface area contributed by atoms with Gasteiger partial charge in [0, 0.05) is 34.3 Å². The number of H-pyrrole nitrogens is 1. The third-order valence-corrected chi connectivity index (χ3v) is 4.46. The molecule has 112 valence electrons. The highest BCUT2D eigenvalue weighted by Gasteiger charge is 2.25. The highest BCUT2D eigenvalue weighted by atomic mass is 19.1. The molecule has 0 radical (unpaired) electrons. The van der Waals surface area contributed by atoms with Gasteiger partial charge in [0.2, 0.25) is 6.41 Å². The first kappa shape index (κ1) is 13.3. The summed E-state index contributed by atoms with van der Waals surface area (Å²) in [5.74, 6) is -0.0951. The van der Waals surface area contributed by atoms with Gasteiger partial charge < -0.3 is 15.6 Å². The van der Waals surface area contributed by atoms with Crippen molar-refractivity contribution in [3.63, 3.8) is 0 Å². The lowest BCUT2D eigenvalue weighted by atomic mass is 9.92. The van der Waals surface area contributed by atoms with Crippen LogP contribution >= 0.6 is 0 Å². The maximum absolute atomic E-state index is 14.8. The second-order valence-corrected chi connectivity index (χ2v) is 5.69. The van der Waals surface area contributed by atoms with Gasteiger partial charge in [-0.1, -0.05) is 18.2 Å². The largest absolute Gasteiger partial charge is 0.353 e. The molecule has 1 aliphatic rings. The normalized spacial score (nSPS) is 18.1. The monoisotopic (exact) mass is 297 g/mol. The van der Waals surface area contributed by atoms with Crippen LogP contribution in [0.4, 0.5) is 10.1 Å². The average Bonchev–Trinajstić information content (AvgIpc) is 3.16. The molecule has 0 aliphatic carbocycles. The minimum absolute atomic E-state index is 0.159. The minimum atomic E-state index is -0.254. The summed E-state index contributed by atoms with van der Waals surface area (Å²) < 4.78 is 14.8. The van der Waals surface area contributed by atoms with E-state index in [9.17, 15) is 9.18 Å². The number of aromatic nitrogens is 1. The minimum Gasteiger partial charge on any atom is -0.353 e. The Morgan fingerprint density at radius 1 is 1.32 bits per heavy atom. The summed E-state index contributed by atoms with van der Waals surface area (Å²) in [6.07, 6.45) is 1.50. The molecule has 1 amide bonds. The molecule has 1 aliphatic heterocycles. The van der Waals surface area contributed by atoms with E-state index >= 15 is 0 Å². The van der Waals surface area contributed by atoms with Crippen molar-refractivity contribution in [2.75, 3.05) is 18.4 Å². The van der Waals surface area contributed by atoms with Gasteiger partial charge in [0.1, 0.15) is 5.82 Å². The lowest BCUT2D eigenvalue weighted by molar-refractivity contribution is -0.105. The second kappa shape index (κ2) is 5.10. The van der Waals surface area contributed by atoms with Crippen LogP contribution in [0.1, 0.15) is 17.9 Å². The molecule has 5 heteroatoms. The van der Waals surface area contributed by atoms with Crippen molar-refractivity contribution in [2.24, 2.45) is 0 Å². The van der Waals surface area contributed by atoms with Crippen molar-refractivity contribution < 1.29 is 9.18 Å². The molecule has 2 aromatic carbocycles. The van der Waals surface area contributed by atoms with E-state index in [1.54, 1.807) is 0 Å². The number of benzene rings is 2. The van der Waals surface area contributed by atoms with E-state index in [0.717, 1.165) is 46.9 Å². The number of hydrogen-bond acceptors (Lipinski definition) is 2. The summed E-state index contributed by atoms with van der Waals surface area (Å²) in [6.45, 7) is 1.69.